The van der Waals surface area contributed by atoms with Crippen molar-refractivity contribution < 1.29 is 19.1 Å². The number of aromatic nitrogens is 2. The standard InChI is InChI=1S/C32H30N4O4/c1-7-21-17-33-27(15-29(21)39-5)31(37)35-25-13-9-11-23(19(25)3)24-12-10-14-26(20(24)4)36-32(38)28-16-30(40-6)22(8-2)18-34-28/h7-18H,1-2H2,3-6H3,(H,35,37)(H,36,38). The molecule has 2 aromatic heterocycles. The van der Waals surface area contributed by atoms with Crippen molar-refractivity contribution in [1.29, 1.82) is 0 Å². The highest BCUT2D eigenvalue weighted by molar-refractivity contribution is 6.05. The van der Waals surface area contributed by atoms with Crippen LogP contribution in [0.25, 0.3) is 23.3 Å². The number of nitrogens with one attached hydrogen (secondary N) is 2. The maximum absolute atomic E-state index is 13.0. The van der Waals surface area contributed by atoms with Gasteiger partial charge in [0.2, 0.25) is 0 Å². The van der Waals surface area contributed by atoms with Gasteiger partial charge in [-0.1, -0.05) is 49.6 Å². The molecule has 202 valence electrons. The highest BCUT2D eigenvalue weighted by atomic mass is 16.5. The van der Waals surface area contributed by atoms with Gasteiger partial charge in [0.15, 0.2) is 0 Å². The molecule has 0 spiro atoms. The zero-order valence-corrected chi connectivity index (χ0v) is 22.9. The van der Waals surface area contributed by atoms with Gasteiger partial charge < -0.3 is 20.1 Å². The van der Waals surface area contributed by atoms with E-state index < -0.39 is 0 Å². The van der Waals surface area contributed by atoms with Crippen LogP contribution in [0.2, 0.25) is 0 Å². The second-order valence-electron chi connectivity index (χ2n) is 8.90. The van der Waals surface area contributed by atoms with Gasteiger partial charge in [-0.15, -0.1) is 0 Å². The monoisotopic (exact) mass is 534 g/mol. The lowest BCUT2D eigenvalue weighted by atomic mass is 9.94. The molecule has 4 aromatic rings. The minimum absolute atomic E-state index is 0.222. The first-order valence-electron chi connectivity index (χ1n) is 12.5. The second kappa shape index (κ2) is 12.1. The van der Waals surface area contributed by atoms with Crippen molar-refractivity contribution in [3.05, 3.63) is 108 Å². The number of carbonyl (C=O) groups is 2. The molecule has 4 rings (SSSR count). The topological polar surface area (TPSA) is 102 Å². The molecular weight excluding hydrogens is 504 g/mol. The first-order valence-corrected chi connectivity index (χ1v) is 12.5. The molecule has 0 atom stereocenters. The van der Waals surface area contributed by atoms with E-state index in [4.69, 9.17) is 9.47 Å². The number of nitrogens with zero attached hydrogens (tertiary/aromatic N) is 2. The molecule has 2 heterocycles. The van der Waals surface area contributed by atoms with Gasteiger partial charge in [-0.3, -0.25) is 19.6 Å². The van der Waals surface area contributed by atoms with Crippen molar-refractivity contribution >= 4 is 35.3 Å². The Kier molecular flexibility index (Phi) is 8.39. The average molecular weight is 535 g/mol. The average Bonchev–Trinajstić information content (AvgIpc) is 2.98. The van der Waals surface area contributed by atoms with Gasteiger partial charge >= 0.3 is 0 Å². The molecule has 0 aliphatic heterocycles. The minimum Gasteiger partial charge on any atom is -0.496 e. The summed E-state index contributed by atoms with van der Waals surface area (Å²) in [5.41, 5.74) is 6.67. The van der Waals surface area contributed by atoms with E-state index in [2.05, 4.69) is 33.8 Å². The third kappa shape index (κ3) is 5.61. The largest absolute Gasteiger partial charge is 0.496 e. The van der Waals surface area contributed by atoms with E-state index in [0.717, 1.165) is 22.3 Å². The molecule has 0 aliphatic rings. The summed E-state index contributed by atoms with van der Waals surface area (Å²) < 4.78 is 10.7. The van der Waals surface area contributed by atoms with E-state index in [9.17, 15) is 9.59 Å². The Morgan fingerprint density at radius 1 is 0.725 bits per heavy atom. The first-order chi connectivity index (χ1) is 19.3. The van der Waals surface area contributed by atoms with Crippen LogP contribution in [0, 0.1) is 13.8 Å². The number of anilines is 2. The SMILES string of the molecule is C=Cc1cnc(C(=O)Nc2cccc(-c3cccc(NC(=O)c4cc(OC)c(C=C)cn4)c3C)c2C)cc1OC. The van der Waals surface area contributed by atoms with Crippen molar-refractivity contribution in [3.63, 3.8) is 0 Å². The summed E-state index contributed by atoms with van der Waals surface area (Å²) in [5, 5.41) is 5.91. The lowest BCUT2D eigenvalue weighted by Crippen LogP contribution is -2.15. The molecule has 2 N–H and O–H groups in total. The van der Waals surface area contributed by atoms with Crippen LogP contribution in [0.4, 0.5) is 11.4 Å². The fourth-order valence-corrected chi connectivity index (χ4v) is 4.30. The predicted octanol–water partition coefficient (Wildman–Crippen LogP) is 6.57. The predicted molar refractivity (Wildman–Crippen MR) is 159 cm³/mol. The van der Waals surface area contributed by atoms with Gasteiger partial charge in [-0.2, -0.15) is 0 Å². The van der Waals surface area contributed by atoms with Gasteiger partial charge in [0.1, 0.15) is 22.9 Å². The minimum atomic E-state index is -0.364. The van der Waals surface area contributed by atoms with Crippen LogP contribution in [-0.2, 0) is 0 Å². The molecule has 2 amide bonds. The van der Waals surface area contributed by atoms with Crippen molar-refractivity contribution in [2.75, 3.05) is 24.9 Å². The summed E-state index contributed by atoms with van der Waals surface area (Å²) in [6.07, 6.45) is 6.33. The molecule has 2 aromatic carbocycles. The Balaban J connectivity index is 1.61. The third-order valence-corrected chi connectivity index (χ3v) is 6.59. The molecule has 0 fully saturated rings. The molecule has 0 unspecified atom stereocenters. The first kappa shape index (κ1) is 27.8. The summed E-state index contributed by atoms with van der Waals surface area (Å²) in [4.78, 5) is 34.5. The molecule has 0 bridgehead atoms. The number of pyridine rings is 2. The zero-order chi connectivity index (χ0) is 28.8. The van der Waals surface area contributed by atoms with Gasteiger partial charge in [-0.05, 0) is 48.2 Å². The quantitative estimate of drug-likeness (QED) is 0.252. The number of amides is 2. The van der Waals surface area contributed by atoms with E-state index in [1.54, 1.807) is 36.7 Å². The molecular formula is C32H30N4O4. The molecule has 8 heteroatoms. The summed E-state index contributed by atoms with van der Waals surface area (Å²) in [6.45, 7) is 11.3. The lowest BCUT2D eigenvalue weighted by molar-refractivity contribution is 0.101. The Morgan fingerprint density at radius 2 is 1.12 bits per heavy atom. The second-order valence-corrected chi connectivity index (χ2v) is 8.90. The highest BCUT2D eigenvalue weighted by Crippen LogP contribution is 2.34. The Hall–Kier alpha value is -5.24. The van der Waals surface area contributed by atoms with Crippen LogP contribution >= 0.6 is 0 Å². The maximum Gasteiger partial charge on any atom is 0.274 e. The third-order valence-electron chi connectivity index (χ3n) is 6.59. The molecule has 0 aliphatic carbocycles. The van der Waals surface area contributed by atoms with Crippen LogP contribution < -0.4 is 20.1 Å². The number of hydrogen-bond acceptors (Lipinski definition) is 6. The van der Waals surface area contributed by atoms with Gasteiger partial charge in [0.25, 0.3) is 11.8 Å². The normalized spacial score (nSPS) is 10.4. The van der Waals surface area contributed by atoms with Crippen LogP contribution in [-0.4, -0.2) is 36.0 Å². The Morgan fingerprint density at radius 3 is 1.48 bits per heavy atom. The number of carbonyl (C=O) groups excluding carboxylic acids is 2. The molecule has 0 saturated heterocycles. The number of hydrogen-bond donors (Lipinski definition) is 2. The summed E-state index contributed by atoms with van der Waals surface area (Å²) in [6, 6.07) is 14.5. The van der Waals surface area contributed by atoms with Crippen LogP contribution in [0.3, 0.4) is 0 Å². The van der Waals surface area contributed by atoms with E-state index >= 15 is 0 Å². The highest BCUT2D eigenvalue weighted by Gasteiger charge is 2.17. The van der Waals surface area contributed by atoms with Crippen molar-refractivity contribution in [2.24, 2.45) is 0 Å². The van der Waals surface area contributed by atoms with Crippen LogP contribution in [0.5, 0.6) is 11.5 Å². The number of ether oxygens (including phenoxy) is 2. The molecule has 0 saturated carbocycles. The smallest absolute Gasteiger partial charge is 0.274 e. The summed E-state index contributed by atoms with van der Waals surface area (Å²) in [7, 11) is 3.06. The van der Waals surface area contributed by atoms with E-state index in [0.29, 0.717) is 34.0 Å². The van der Waals surface area contributed by atoms with Crippen LogP contribution in [0.1, 0.15) is 43.2 Å². The van der Waals surface area contributed by atoms with Gasteiger partial charge in [0.05, 0.1) is 14.2 Å². The van der Waals surface area contributed by atoms with E-state index in [1.165, 1.54) is 14.2 Å². The fraction of sp³-hybridized carbons (Fsp3) is 0.125. The van der Waals surface area contributed by atoms with Crippen molar-refractivity contribution in [2.45, 2.75) is 13.8 Å². The van der Waals surface area contributed by atoms with Crippen molar-refractivity contribution in [3.8, 4) is 22.6 Å². The fourth-order valence-electron chi connectivity index (χ4n) is 4.30. The number of methoxy groups -OCH3 is 2. The summed E-state index contributed by atoms with van der Waals surface area (Å²) in [5.74, 6) is 0.301. The zero-order valence-electron chi connectivity index (χ0n) is 22.9. The van der Waals surface area contributed by atoms with E-state index in [1.807, 2.05) is 50.2 Å². The number of benzene rings is 2. The molecule has 0 radical (unpaired) electrons. The van der Waals surface area contributed by atoms with E-state index in [-0.39, 0.29) is 23.2 Å². The molecule has 8 nitrogen and oxygen atoms in total. The molecule has 40 heavy (non-hydrogen) atoms. The van der Waals surface area contributed by atoms with Gasteiger partial charge in [-0.25, -0.2) is 0 Å². The Labute approximate surface area is 233 Å². The van der Waals surface area contributed by atoms with Crippen molar-refractivity contribution in [1.82, 2.24) is 9.97 Å². The Bertz CT molecular complexity index is 1510. The summed E-state index contributed by atoms with van der Waals surface area (Å²) >= 11 is 0. The van der Waals surface area contributed by atoms with Crippen LogP contribution in [0.15, 0.2) is 74.1 Å². The maximum atomic E-state index is 13.0. The number of rotatable bonds is 9. The lowest BCUT2D eigenvalue weighted by Gasteiger charge is -2.17. The van der Waals surface area contributed by atoms with Gasteiger partial charge in [0, 0.05) is 47.0 Å².